The van der Waals surface area contributed by atoms with E-state index in [0.717, 1.165) is 0 Å². The van der Waals surface area contributed by atoms with Gasteiger partial charge < -0.3 is 0 Å². The predicted octanol–water partition coefficient (Wildman–Crippen LogP) is 8.03. The van der Waals surface area contributed by atoms with Crippen LogP contribution in [-0.4, -0.2) is 0 Å². The molecule has 6 aromatic rings. The summed E-state index contributed by atoms with van der Waals surface area (Å²) in [4.78, 5) is 0. The lowest BCUT2D eigenvalue weighted by Crippen LogP contribution is -1.84. The first kappa shape index (κ1) is 15.0. The third-order valence-corrected chi connectivity index (χ3v) is 6.43. The van der Waals surface area contributed by atoms with Gasteiger partial charge in [0.15, 0.2) is 0 Å². The van der Waals surface area contributed by atoms with Gasteiger partial charge in [-0.25, -0.2) is 0 Å². The Balaban J connectivity index is 1.72. The lowest BCUT2D eigenvalue weighted by molar-refractivity contribution is 1.71. The molecular formula is C26H16S. The molecule has 0 aliphatic rings. The smallest absolute Gasteiger partial charge is 0.0343 e. The molecule has 0 nitrogen and oxygen atoms in total. The highest BCUT2D eigenvalue weighted by molar-refractivity contribution is 7.17. The molecular weight excluding hydrogens is 344 g/mol. The normalized spacial score (nSPS) is 11.7. The molecule has 0 aliphatic carbocycles. The van der Waals surface area contributed by atoms with Crippen molar-refractivity contribution in [3.05, 3.63) is 96.4 Å². The number of fused-ring (bicyclic) bond motifs is 7. The summed E-state index contributed by atoms with van der Waals surface area (Å²) in [6.45, 7) is 0. The van der Waals surface area contributed by atoms with Crippen LogP contribution in [0.1, 0.15) is 0 Å². The van der Waals surface area contributed by atoms with Crippen molar-refractivity contribution in [3.63, 3.8) is 0 Å². The first-order valence-electron chi connectivity index (χ1n) is 9.19. The highest BCUT2D eigenvalue weighted by atomic mass is 32.1. The standard InChI is InChI=1S/C26H16S/c1-2-7-22-20(5-1)21-6-3-4-8-23(21)25-16-18(9-11-24(22)25)17-10-12-26-19(15-17)13-14-27-26/h1-16H. The molecule has 0 saturated heterocycles. The maximum atomic E-state index is 2.36. The van der Waals surface area contributed by atoms with Crippen molar-refractivity contribution in [1.82, 2.24) is 0 Å². The van der Waals surface area contributed by atoms with Crippen LogP contribution in [0.25, 0.3) is 53.5 Å². The molecule has 0 bridgehead atoms. The van der Waals surface area contributed by atoms with Gasteiger partial charge in [0, 0.05) is 4.70 Å². The zero-order chi connectivity index (χ0) is 17.8. The zero-order valence-corrected chi connectivity index (χ0v) is 15.5. The Hall–Kier alpha value is -3.16. The van der Waals surface area contributed by atoms with Crippen LogP contribution in [0.4, 0.5) is 0 Å². The van der Waals surface area contributed by atoms with Gasteiger partial charge in [0.05, 0.1) is 0 Å². The van der Waals surface area contributed by atoms with Crippen LogP contribution in [0.5, 0.6) is 0 Å². The Kier molecular flexibility index (Phi) is 3.14. The van der Waals surface area contributed by atoms with Gasteiger partial charge >= 0.3 is 0 Å². The second kappa shape index (κ2) is 5.67. The van der Waals surface area contributed by atoms with Gasteiger partial charge in [0.25, 0.3) is 0 Å². The van der Waals surface area contributed by atoms with Crippen molar-refractivity contribution >= 4 is 53.7 Å². The molecule has 0 fully saturated rings. The third-order valence-electron chi connectivity index (χ3n) is 5.53. The van der Waals surface area contributed by atoms with Crippen LogP contribution >= 0.6 is 11.3 Å². The molecule has 5 aromatic carbocycles. The van der Waals surface area contributed by atoms with Crippen molar-refractivity contribution in [2.75, 3.05) is 0 Å². The fraction of sp³-hybridized carbons (Fsp3) is 0. The first-order chi connectivity index (χ1) is 13.4. The maximum Gasteiger partial charge on any atom is 0.0343 e. The number of benzene rings is 5. The summed E-state index contributed by atoms with van der Waals surface area (Å²) in [6.07, 6.45) is 0. The molecule has 0 N–H and O–H groups in total. The van der Waals surface area contributed by atoms with Crippen molar-refractivity contribution in [2.45, 2.75) is 0 Å². The quantitative estimate of drug-likeness (QED) is 0.260. The van der Waals surface area contributed by atoms with Gasteiger partial charge in [-0.15, -0.1) is 11.3 Å². The van der Waals surface area contributed by atoms with E-state index in [-0.39, 0.29) is 0 Å². The van der Waals surface area contributed by atoms with E-state index in [0.29, 0.717) is 0 Å². The highest BCUT2D eigenvalue weighted by Crippen LogP contribution is 2.37. The van der Waals surface area contributed by atoms with Crippen LogP contribution in [0, 0.1) is 0 Å². The Morgan fingerprint density at radius 2 is 1.00 bits per heavy atom. The molecule has 1 heteroatoms. The predicted molar refractivity (Wildman–Crippen MR) is 120 cm³/mol. The number of rotatable bonds is 1. The van der Waals surface area contributed by atoms with Gasteiger partial charge in [-0.05, 0) is 78.5 Å². The van der Waals surface area contributed by atoms with Gasteiger partial charge in [-0.2, -0.15) is 0 Å². The van der Waals surface area contributed by atoms with Gasteiger partial charge in [-0.3, -0.25) is 0 Å². The topological polar surface area (TPSA) is 0 Å². The molecule has 1 heterocycles. The van der Waals surface area contributed by atoms with Gasteiger partial charge in [-0.1, -0.05) is 66.7 Å². The molecule has 0 unspecified atom stereocenters. The van der Waals surface area contributed by atoms with Crippen molar-refractivity contribution in [3.8, 4) is 11.1 Å². The van der Waals surface area contributed by atoms with E-state index in [9.17, 15) is 0 Å². The van der Waals surface area contributed by atoms with E-state index >= 15 is 0 Å². The number of hydrogen-bond donors (Lipinski definition) is 0. The van der Waals surface area contributed by atoms with E-state index in [2.05, 4.69) is 96.4 Å². The lowest BCUT2D eigenvalue weighted by Gasteiger charge is -2.12. The van der Waals surface area contributed by atoms with Crippen LogP contribution in [0.2, 0.25) is 0 Å². The minimum atomic E-state index is 1.27. The van der Waals surface area contributed by atoms with Crippen LogP contribution in [-0.2, 0) is 0 Å². The van der Waals surface area contributed by atoms with Crippen LogP contribution < -0.4 is 0 Å². The molecule has 1 aromatic heterocycles. The molecule has 0 radical (unpaired) electrons. The van der Waals surface area contributed by atoms with E-state index in [4.69, 9.17) is 0 Å². The largest absolute Gasteiger partial charge is 0.144 e. The SMILES string of the molecule is c1ccc2c(c1)c1ccccc1c1cc(-c3ccc4sccc4c3)ccc21. The van der Waals surface area contributed by atoms with Crippen LogP contribution in [0.3, 0.4) is 0 Å². The van der Waals surface area contributed by atoms with Gasteiger partial charge in [0.2, 0.25) is 0 Å². The molecule has 126 valence electrons. The summed E-state index contributed by atoms with van der Waals surface area (Å²) >= 11 is 1.80. The molecule has 0 amide bonds. The average Bonchev–Trinajstić information content (AvgIpc) is 3.21. The fourth-order valence-corrected chi connectivity index (χ4v) is 5.00. The molecule has 27 heavy (non-hydrogen) atoms. The van der Waals surface area contributed by atoms with E-state index < -0.39 is 0 Å². The maximum absolute atomic E-state index is 2.36. The van der Waals surface area contributed by atoms with Crippen molar-refractivity contribution in [2.24, 2.45) is 0 Å². The van der Waals surface area contributed by atoms with E-state index in [1.54, 1.807) is 11.3 Å². The Morgan fingerprint density at radius 3 is 1.70 bits per heavy atom. The number of thiophene rings is 1. The first-order valence-corrected chi connectivity index (χ1v) is 10.1. The summed E-state index contributed by atoms with van der Waals surface area (Å²) in [6, 6.07) is 33.4. The van der Waals surface area contributed by atoms with Crippen molar-refractivity contribution < 1.29 is 0 Å². The molecule has 0 spiro atoms. The summed E-state index contributed by atoms with van der Waals surface area (Å²) in [7, 11) is 0. The molecule has 6 rings (SSSR count). The zero-order valence-electron chi connectivity index (χ0n) is 14.6. The van der Waals surface area contributed by atoms with Crippen molar-refractivity contribution in [1.29, 1.82) is 0 Å². The summed E-state index contributed by atoms with van der Waals surface area (Å²) in [5.74, 6) is 0. The molecule has 0 aliphatic heterocycles. The second-order valence-corrected chi connectivity index (χ2v) is 7.97. The average molecular weight is 360 g/mol. The fourth-order valence-electron chi connectivity index (χ4n) is 4.23. The molecule has 0 saturated carbocycles. The van der Waals surface area contributed by atoms with Gasteiger partial charge in [0.1, 0.15) is 0 Å². The Morgan fingerprint density at radius 1 is 0.444 bits per heavy atom. The Bertz CT molecular complexity index is 1430. The van der Waals surface area contributed by atoms with Crippen LogP contribution in [0.15, 0.2) is 96.4 Å². The summed E-state index contributed by atoms with van der Waals surface area (Å²) in [5, 5.41) is 11.4. The Labute approximate surface area is 161 Å². The minimum Gasteiger partial charge on any atom is -0.144 e. The second-order valence-electron chi connectivity index (χ2n) is 7.02. The number of hydrogen-bond acceptors (Lipinski definition) is 1. The monoisotopic (exact) mass is 360 g/mol. The summed E-state index contributed by atoms with van der Waals surface area (Å²) < 4.78 is 1.34. The molecule has 0 atom stereocenters. The highest BCUT2D eigenvalue weighted by Gasteiger charge is 2.09. The minimum absolute atomic E-state index is 1.27. The lowest BCUT2D eigenvalue weighted by atomic mass is 9.92. The summed E-state index contributed by atoms with van der Waals surface area (Å²) in [5.41, 5.74) is 2.55. The van der Waals surface area contributed by atoms with E-state index in [1.165, 1.54) is 53.5 Å². The third kappa shape index (κ3) is 2.22. The van der Waals surface area contributed by atoms with E-state index in [1.807, 2.05) is 0 Å².